The van der Waals surface area contributed by atoms with E-state index in [1.807, 2.05) is 79.0 Å². The van der Waals surface area contributed by atoms with Crippen molar-refractivity contribution >= 4 is 23.1 Å². The molecule has 3 heterocycles. The SMILES string of the molecule is Cc1ccc(OCC(=O)Nc2cc(-c3cccs3)nn2-c2nc(C)c(Cc3ccccc3)c(=O)[nH]2)cc1. The van der Waals surface area contributed by atoms with Crippen molar-refractivity contribution in [3.05, 3.63) is 111 Å². The fraction of sp³-hybridized carbons (Fsp3) is 0.143. The number of hydrogen-bond acceptors (Lipinski definition) is 6. The summed E-state index contributed by atoms with van der Waals surface area (Å²) in [6.45, 7) is 3.60. The number of nitrogens with zero attached hydrogens (tertiary/aromatic N) is 3. The van der Waals surface area contributed by atoms with Gasteiger partial charge < -0.3 is 10.1 Å². The fourth-order valence-corrected chi connectivity index (χ4v) is 4.52. The van der Waals surface area contributed by atoms with E-state index in [0.29, 0.717) is 34.9 Å². The van der Waals surface area contributed by atoms with Gasteiger partial charge in [0.25, 0.3) is 11.5 Å². The van der Waals surface area contributed by atoms with Crippen molar-refractivity contribution in [1.29, 1.82) is 0 Å². The first-order chi connectivity index (χ1) is 18.0. The zero-order valence-electron chi connectivity index (χ0n) is 20.4. The Kier molecular flexibility index (Phi) is 6.96. The Hall–Kier alpha value is -4.50. The molecule has 0 atom stereocenters. The van der Waals surface area contributed by atoms with Crippen LogP contribution in [0.1, 0.15) is 22.4 Å². The molecule has 5 aromatic rings. The maximum absolute atomic E-state index is 13.0. The average molecular weight is 512 g/mol. The van der Waals surface area contributed by atoms with Crippen LogP contribution in [-0.4, -0.2) is 32.3 Å². The van der Waals surface area contributed by atoms with Gasteiger partial charge in [-0.05, 0) is 43.0 Å². The van der Waals surface area contributed by atoms with Crippen LogP contribution in [0.2, 0.25) is 0 Å². The lowest BCUT2D eigenvalue weighted by molar-refractivity contribution is -0.118. The van der Waals surface area contributed by atoms with E-state index in [1.165, 1.54) is 16.0 Å². The van der Waals surface area contributed by atoms with Gasteiger partial charge in [0.05, 0.1) is 10.6 Å². The molecule has 0 aliphatic carbocycles. The highest BCUT2D eigenvalue weighted by molar-refractivity contribution is 7.13. The summed E-state index contributed by atoms with van der Waals surface area (Å²) in [5.74, 6) is 0.833. The van der Waals surface area contributed by atoms with Gasteiger partial charge in [0, 0.05) is 18.1 Å². The Morgan fingerprint density at radius 1 is 1.05 bits per heavy atom. The van der Waals surface area contributed by atoms with Gasteiger partial charge in [-0.3, -0.25) is 14.6 Å². The molecule has 0 aliphatic heterocycles. The van der Waals surface area contributed by atoms with Crippen LogP contribution in [-0.2, 0) is 11.2 Å². The number of carbonyl (C=O) groups is 1. The highest BCUT2D eigenvalue weighted by Crippen LogP contribution is 2.27. The third kappa shape index (κ3) is 5.68. The van der Waals surface area contributed by atoms with E-state index in [4.69, 9.17) is 4.74 Å². The highest BCUT2D eigenvalue weighted by Gasteiger charge is 2.18. The van der Waals surface area contributed by atoms with Gasteiger partial charge in [0.15, 0.2) is 6.61 Å². The number of benzene rings is 2. The number of aromatic nitrogens is 4. The van der Waals surface area contributed by atoms with Gasteiger partial charge in [-0.25, -0.2) is 4.98 Å². The molecule has 0 unspecified atom stereocenters. The second-order valence-corrected chi connectivity index (χ2v) is 9.52. The van der Waals surface area contributed by atoms with Crippen LogP contribution < -0.4 is 15.6 Å². The molecular weight excluding hydrogens is 486 g/mol. The monoisotopic (exact) mass is 511 g/mol. The van der Waals surface area contributed by atoms with Gasteiger partial charge in [0.2, 0.25) is 5.95 Å². The largest absolute Gasteiger partial charge is 0.484 e. The van der Waals surface area contributed by atoms with Crippen LogP contribution in [0.3, 0.4) is 0 Å². The number of rotatable bonds is 8. The van der Waals surface area contributed by atoms with Crippen LogP contribution >= 0.6 is 11.3 Å². The Balaban J connectivity index is 1.43. The number of carbonyl (C=O) groups excluding carboxylic acids is 1. The number of aromatic amines is 1. The number of ether oxygens (including phenoxy) is 1. The lowest BCUT2D eigenvalue weighted by Gasteiger charge is -2.11. The molecule has 9 heteroatoms. The number of hydrogen-bond donors (Lipinski definition) is 2. The smallest absolute Gasteiger partial charge is 0.263 e. The summed E-state index contributed by atoms with van der Waals surface area (Å²) in [5, 5.41) is 9.43. The van der Waals surface area contributed by atoms with Crippen LogP contribution in [0, 0.1) is 13.8 Å². The first kappa shape index (κ1) is 24.2. The first-order valence-corrected chi connectivity index (χ1v) is 12.6. The fourth-order valence-electron chi connectivity index (χ4n) is 3.84. The second-order valence-electron chi connectivity index (χ2n) is 8.57. The molecule has 2 N–H and O–H groups in total. The Morgan fingerprint density at radius 3 is 2.54 bits per heavy atom. The topological polar surface area (TPSA) is 102 Å². The maximum atomic E-state index is 13.0. The molecule has 0 spiro atoms. The van der Waals surface area contributed by atoms with E-state index in [0.717, 1.165) is 16.0 Å². The minimum atomic E-state index is -0.362. The van der Waals surface area contributed by atoms with Crippen molar-refractivity contribution in [2.75, 3.05) is 11.9 Å². The lowest BCUT2D eigenvalue weighted by atomic mass is 10.1. The van der Waals surface area contributed by atoms with Crippen molar-refractivity contribution < 1.29 is 9.53 Å². The summed E-state index contributed by atoms with van der Waals surface area (Å²) in [6.07, 6.45) is 0.467. The van der Waals surface area contributed by atoms with E-state index in [9.17, 15) is 9.59 Å². The molecule has 1 amide bonds. The quantitative estimate of drug-likeness (QED) is 0.308. The minimum Gasteiger partial charge on any atom is -0.484 e. The summed E-state index contributed by atoms with van der Waals surface area (Å²) >= 11 is 1.53. The summed E-state index contributed by atoms with van der Waals surface area (Å²) < 4.78 is 7.06. The molecule has 0 fully saturated rings. The molecule has 37 heavy (non-hydrogen) atoms. The zero-order chi connectivity index (χ0) is 25.8. The number of anilines is 1. The number of thiophene rings is 1. The van der Waals surface area contributed by atoms with Gasteiger partial charge in [-0.1, -0.05) is 54.1 Å². The summed E-state index contributed by atoms with van der Waals surface area (Å²) in [7, 11) is 0. The molecule has 8 nitrogen and oxygen atoms in total. The molecule has 0 radical (unpaired) electrons. The predicted octanol–water partition coefficient (Wildman–Crippen LogP) is 4.91. The van der Waals surface area contributed by atoms with E-state index in [2.05, 4.69) is 20.4 Å². The summed E-state index contributed by atoms with van der Waals surface area (Å²) in [6, 6.07) is 22.8. The van der Waals surface area contributed by atoms with Crippen LogP contribution in [0.15, 0.2) is 83.0 Å². The van der Waals surface area contributed by atoms with Crippen LogP contribution in [0.5, 0.6) is 5.75 Å². The Labute approximate surface area is 217 Å². The molecule has 5 rings (SSSR count). The first-order valence-electron chi connectivity index (χ1n) is 11.7. The third-order valence-electron chi connectivity index (χ3n) is 5.78. The van der Waals surface area contributed by atoms with Crippen LogP contribution in [0.25, 0.3) is 16.5 Å². The van der Waals surface area contributed by atoms with Gasteiger partial charge in [-0.15, -0.1) is 11.3 Å². The van der Waals surface area contributed by atoms with E-state index in [-0.39, 0.29) is 24.0 Å². The summed E-state index contributed by atoms with van der Waals surface area (Å²) in [5.41, 5.74) is 3.70. The van der Waals surface area contributed by atoms with Crippen molar-refractivity contribution in [1.82, 2.24) is 19.7 Å². The predicted molar refractivity (Wildman–Crippen MR) is 145 cm³/mol. The number of nitrogens with one attached hydrogen (secondary N) is 2. The molecule has 0 saturated heterocycles. The number of aryl methyl sites for hydroxylation is 2. The Bertz CT molecular complexity index is 1570. The van der Waals surface area contributed by atoms with E-state index < -0.39 is 0 Å². The van der Waals surface area contributed by atoms with Gasteiger partial charge in [-0.2, -0.15) is 9.78 Å². The van der Waals surface area contributed by atoms with Crippen molar-refractivity contribution in [3.63, 3.8) is 0 Å². The number of H-pyrrole nitrogens is 1. The Morgan fingerprint density at radius 2 is 1.84 bits per heavy atom. The third-order valence-corrected chi connectivity index (χ3v) is 6.67. The molecular formula is C28H25N5O3S. The zero-order valence-corrected chi connectivity index (χ0v) is 21.2. The number of amides is 1. The second kappa shape index (κ2) is 10.6. The average Bonchev–Trinajstić information content (AvgIpc) is 3.57. The molecule has 186 valence electrons. The molecule has 3 aromatic heterocycles. The van der Waals surface area contributed by atoms with Gasteiger partial charge in [0.1, 0.15) is 17.3 Å². The van der Waals surface area contributed by atoms with Crippen molar-refractivity contribution in [2.45, 2.75) is 20.3 Å². The standard InChI is InChI=1S/C28H25N5O3S/c1-18-10-12-21(13-11-18)36-17-26(34)30-25-16-23(24-9-6-14-37-24)32-33(25)28-29-19(2)22(27(35)31-28)15-20-7-4-3-5-8-20/h3-14,16H,15,17H2,1-2H3,(H,30,34)(H,29,31,35). The summed E-state index contributed by atoms with van der Waals surface area (Å²) in [4.78, 5) is 34.2. The molecule has 0 saturated carbocycles. The van der Waals surface area contributed by atoms with E-state index >= 15 is 0 Å². The minimum absolute atomic E-state index is 0.179. The normalized spacial score (nSPS) is 10.9. The lowest BCUT2D eigenvalue weighted by Crippen LogP contribution is -2.24. The molecule has 2 aromatic carbocycles. The maximum Gasteiger partial charge on any atom is 0.263 e. The van der Waals surface area contributed by atoms with Crippen molar-refractivity contribution in [2.24, 2.45) is 0 Å². The van der Waals surface area contributed by atoms with Crippen LogP contribution in [0.4, 0.5) is 5.82 Å². The molecule has 0 bridgehead atoms. The van der Waals surface area contributed by atoms with Gasteiger partial charge >= 0.3 is 0 Å². The van der Waals surface area contributed by atoms with Crippen molar-refractivity contribution in [3.8, 4) is 22.3 Å². The van der Waals surface area contributed by atoms with E-state index in [1.54, 1.807) is 13.0 Å². The molecule has 0 aliphatic rings. The highest BCUT2D eigenvalue weighted by atomic mass is 32.1.